The largest absolute Gasteiger partial charge is 0.456 e. The summed E-state index contributed by atoms with van der Waals surface area (Å²) < 4.78 is 10.9. The summed E-state index contributed by atoms with van der Waals surface area (Å²) in [7, 11) is 2.11. The number of aryl methyl sites for hydroxylation is 4. The fourth-order valence-electron chi connectivity index (χ4n) is 5.15. The van der Waals surface area contributed by atoms with Crippen molar-refractivity contribution < 1.29 is 8.98 Å². The maximum atomic E-state index is 6.44. The molecule has 3 heteroatoms. The second kappa shape index (κ2) is 6.83. The van der Waals surface area contributed by atoms with Gasteiger partial charge in [0.25, 0.3) is 5.82 Å². The van der Waals surface area contributed by atoms with Crippen molar-refractivity contribution in [3.63, 3.8) is 0 Å². The van der Waals surface area contributed by atoms with Gasteiger partial charge in [0.05, 0.1) is 12.6 Å². The SMILES string of the molecule is Cc1cccc(C)c1-n1cc[n+](C)c1-c1ccc2c(oc3ccc4ccccc4c32)c1C. The van der Waals surface area contributed by atoms with Gasteiger partial charge in [-0.3, -0.25) is 0 Å². The molecule has 6 aromatic rings. The number of rotatable bonds is 2. The van der Waals surface area contributed by atoms with E-state index in [1.807, 2.05) is 0 Å². The third-order valence-electron chi connectivity index (χ3n) is 6.70. The van der Waals surface area contributed by atoms with Gasteiger partial charge in [0.15, 0.2) is 0 Å². The van der Waals surface area contributed by atoms with Crippen molar-refractivity contribution >= 4 is 32.7 Å². The summed E-state index contributed by atoms with van der Waals surface area (Å²) in [4.78, 5) is 0. The van der Waals surface area contributed by atoms with E-state index in [1.54, 1.807) is 0 Å². The van der Waals surface area contributed by atoms with Gasteiger partial charge in [-0.2, -0.15) is 4.57 Å². The van der Waals surface area contributed by atoms with Gasteiger partial charge >= 0.3 is 0 Å². The smallest absolute Gasteiger partial charge is 0.294 e. The molecule has 156 valence electrons. The van der Waals surface area contributed by atoms with E-state index in [9.17, 15) is 0 Å². The summed E-state index contributed by atoms with van der Waals surface area (Å²) in [5.74, 6) is 1.15. The molecule has 0 atom stereocenters. The molecule has 0 radical (unpaired) electrons. The summed E-state index contributed by atoms with van der Waals surface area (Å²) in [5, 5.41) is 4.84. The van der Waals surface area contributed by atoms with Gasteiger partial charge in [-0.25, -0.2) is 4.57 Å². The van der Waals surface area contributed by atoms with Crippen LogP contribution in [-0.2, 0) is 7.05 Å². The second-order valence-corrected chi connectivity index (χ2v) is 8.72. The fourth-order valence-corrected chi connectivity index (χ4v) is 5.15. The third kappa shape index (κ3) is 2.57. The van der Waals surface area contributed by atoms with Crippen LogP contribution in [0.3, 0.4) is 0 Å². The predicted octanol–water partition coefficient (Wildman–Crippen LogP) is 6.95. The van der Waals surface area contributed by atoms with Crippen LogP contribution in [-0.4, -0.2) is 4.57 Å². The first-order chi connectivity index (χ1) is 15.5. The molecule has 0 amide bonds. The first-order valence-corrected chi connectivity index (χ1v) is 11.0. The summed E-state index contributed by atoms with van der Waals surface area (Å²) in [6.07, 6.45) is 4.28. The Balaban J connectivity index is 1.66. The lowest BCUT2D eigenvalue weighted by Crippen LogP contribution is -2.29. The first kappa shape index (κ1) is 18.9. The van der Waals surface area contributed by atoms with Crippen LogP contribution in [0.4, 0.5) is 0 Å². The van der Waals surface area contributed by atoms with Crippen molar-refractivity contribution in [3.05, 3.63) is 95.8 Å². The lowest BCUT2D eigenvalue weighted by Gasteiger charge is -2.10. The normalized spacial score (nSPS) is 11.8. The zero-order valence-corrected chi connectivity index (χ0v) is 18.8. The van der Waals surface area contributed by atoms with Crippen molar-refractivity contribution in [2.75, 3.05) is 0 Å². The number of fused-ring (bicyclic) bond motifs is 5. The maximum Gasteiger partial charge on any atom is 0.294 e. The highest BCUT2D eigenvalue weighted by Crippen LogP contribution is 2.39. The number of nitrogens with zero attached hydrogens (tertiary/aromatic N) is 2. The second-order valence-electron chi connectivity index (χ2n) is 8.72. The maximum absolute atomic E-state index is 6.44. The Morgan fingerprint density at radius 3 is 2.38 bits per heavy atom. The van der Waals surface area contributed by atoms with Crippen LogP contribution in [0.25, 0.3) is 49.8 Å². The summed E-state index contributed by atoms with van der Waals surface area (Å²) >= 11 is 0. The zero-order valence-electron chi connectivity index (χ0n) is 18.8. The minimum absolute atomic E-state index is 0.938. The van der Waals surface area contributed by atoms with E-state index < -0.39 is 0 Å². The first-order valence-electron chi connectivity index (χ1n) is 11.0. The standard InChI is InChI=1S/C29H25N2O/c1-18-8-7-9-19(2)27(18)31-17-16-30(4)29(31)22-13-14-24-26-23-11-6-5-10-21(23)12-15-25(26)32-28(24)20(22)3/h5-17H,1-4H3/q+1. The topological polar surface area (TPSA) is 21.9 Å². The predicted molar refractivity (Wildman–Crippen MR) is 131 cm³/mol. The molecule has 0 spiro atoms. The van der Waals surface area contributed by atoms with E-state index in [0.717, 1.165) is 22.6 Å². The van der Waals surface area contributed by atoms with Gasteiger partial charge in [-0.15, -0.1) is 0 Å². The van der Waals surface area contributed by atoms with Crippen molar-refractivity contribution in [3.8, 4) is 17.1 Å². The molecule has 0 saturated carbocycles. The number of furan rings is 1. The number of aromatic nitrogens is 2. The van der Waals surface area contributed by atoms with Crippen molar-refractivity contribution in [2.24, 2.45) is 7.05 Å². The lowest BCUT2D eigenvalue weighted by molar-refractivity contribution is -0.659. The quantitative estimate of drug-likeness (QED) is 0.280. The van der Waals surface area contributed by atoms with Crippen molar-refractivity contribution in [2.45, 2.75) is 20.8 Å². The Bertz CT molecular complexity index is 1650. The molecule has 0 N–H and O–H groups in total. The zero-order chi connectivity index (χ0) is 22.0. The number of hydrogen-bond donors (Lipinski definition) is 0. The number of benzene rings is 4. The van der Waals surface area contributed by atoms with Crippen LogP contribution in [0.5, 0.6) is 0 Å². The molecule has 3 nitrogen and oxygen atoms in total. The molecule has 4 aromatic carbocycles. The summed E-state index contributed by atoms with van der Waals surface area (Å²) in [5.41, 5.74) is 7.99. The Morgan fingerprint density at radius 1 is 0.781 bits per heavy atom. The molecule has 0 aliphatic carbocycles. The molecule has 0 aliphatic rings. The molecule has 0 unspecified atom stereocenters. The molecule has 0 aliphatic heterocycles. The fraction of sp³-hybridized carbons (Fsp3) is 0.138. The van der Waals surface area contributed by atoms with E-state index in [0.29, 0.717) is 0 Å². The highest BCUT2D eigenvalue weighted by atomic mass is 16.3. The van der Waals surface area contributed by atoms with Crippen molar-refractivity contribution in [1.82, 2.24) is 4.57 Å². The Morgan fingerprint density at radius 2 is 1.56 bits per heavy atom. The van der Waals surface area contributed by atoms with Gasteiger partial charge in [0.1, 0.15) is 29.2 Å². The molecule has 6 rings (SSSR count). The molecule has 0 saturated heterocycles. The van der Waals surface area contributed by atoms with Gasteiger partial charge < -0.3 is 4.42 Å². The van der Waals surface area contributed by atoms with E-state index in [2.05, 4.69) is 116 Å². The number of para-hydroxylation sites is 1. The van der Waals surface area contributed by atoms with Crippen LogP contribution in [0.15, 0.2) is 83.5 Å². The van der Waals surface area contributed by atoms with Gasteiger partial charge in [-0.05, 0) is 60.9 Å². The minimum atomic E-state index is 0.938. The Kier molecular flexibility index (Phi) is 4.03. The molecule has 0 fully saturated rings. The average Bonchev–Trinajstić information content (AvgIpc) is 3.36. The van der Waals surface area contributed by atoms with Gasteiger partial charge in [0, 0.05) is 16.3 Å². The molecular weight excluding hydrogens is 392 g/mol. The molecule has 2 heterocycles. The van der Waals surface area contributed by atoms with Gasteiger partial charge in [0.2, 0.25) is 0 Å². The summed E-state index contributed by atoms with van der Waals surface area (Å²) in [6, 6.07) is 23.7. The molecule has 32 heavy (non-hydrogen) atoms. The number of imidazole rings is 1. The van der Waals surface area contributed by atoms with E-state index in [4.69, 9.17) is 4.42 Å². The van der Waals surface area contributed by atoms with Crippen LogP contribution in [0.2, 0.25) is 0 Å². The average molecular weight is 418 g/mol. The Hall–Kier alpha value is -3.85. The molecular formula is C29H25N2O+. The van der Waals surface area contributed by atoms with Crippen LogP contribution < -0.4 is 4.57 Å². The Labute approximate surface area is 187 Å². The van der Waals surface area contributed by atoms with E-state index >= 15 is 0 Å². The monoisotopic (exact) mass is 417 g/mol. The van der Waals surface area contributed by atoms with E-state index in [1.165, 1.54) is 43.9 Å². The highest BCUT2D eigenvalue weighted by Gasteiger charge is 2.25. The van der Waals surface area contributed by atoms with Crippen molar-refractivity contribution in [1.29, 1.82) is 0 Å². The molecule has 2 aromatic heterocycles. The minimum Gasteiger partial charge on any atom is -0.456 e. The third-order valence-corrected chi connectivity index (χ3v) is 6.70. The summed E-state index contributed by atoms with van der Waals surface area (Å²) in [6.45, 7) is 6.52. The van der Waals surface area contributed by atoms with Crippen LogP contribution in [0.1, 0.15) is 16.7 Å². The number of hydrogen-bond acceptors (Lipinski definition) is 1. The van der Waals surface area contributed by atoms with Crippen LogP contribution >= 0.6 is 0 Å². The lowest BCUT2D eigenvalue weighted by atomic mass is 10.00. The highest BCUT2D eigenvalue weighted by molar-refractivity contribution is 6.19. The van der Waals surface area contributed by atoms with Crippen LogP contribution in [0, 0.1) is 20.8 Å². The van der Waals surface area contributed by atoms with E-state index in [-0.39, 0.29) is 0 Å². The molecule has 0 bridgehead atoms. The van der Waals surface area contributed by atoms with Gasteiger partial charge in [-0.1, -0.05) is 48.5 Å².